The molecule has 1 aromatic rings. The molecule has 2 heterocycles. The number of hydrogen-bond donors (Lipinski definition) is 0. The van der Waals surface area contributed by atoms with Crippen molar-refractivity contribution in [3.8, 4) is 6.07 Å². The summed E-state index contributed by atoms with van der Waals surface area (Å²) in [6.07, 6.45) is 5.00. The lowest BCUT2D eigenvalue weighted by molar-refractivity contribution is -0.129. The SMILES string of the molecule is N#Cc1ccc(SCC(=O)N2CCCCC2)nc1. The molecular weight excluding hydrogens is 246 g/mol. The van der Waals surface area contributed by atoms with Crippen LogP contribution in [0, 0.1) is 11.3 Å². The van der Waals surface area contributed by atoms with Crippen molar-refractivity contribution in [3.05, 3.63) is 23.9 Å². The summed E-state index contributed by atoms with van der Waals surface area (Å²) in [6, 6.07) is 5.53. The molecule has 0 aliphatic carbocycles. The fourth-order valence-electron chi connectivity index (χ4n) is 1.90. The Hall–Kier alpha value is -1.54. The number of carbonyl (C=O) groups is 1. The molecule has 18 heavy (non-hydrogen) atoms. The van der Waals surface area contributed by atoms with Gasteiger partial charge in [-0.2, -0.15) is 5.26 Å². The molecule has 94 valence electrons. The van der Waals surface area contributed by atoms with Crippen molar-refractivity contribution >= 4 is 17.7 Å². The second-order valence-electron chi connectivity index (χ2n) is 4.23. The molecule has 5 heteroatoms. The van der Waals surface area contributed by atoms with Crippen LogP contribution in [-0.2, 0) is 4.79 Å². The molecule has 1 fully saturated rings. The molecule has 0 unspecified atom stereocenters. The number of pyridine rings is 1. The van der Waals surface area contributed by atoms with Gasteiger partial charge in [0.2, 0.25) is 5.91 Å². The smallest absolute Gasteiger partial charge is 0.232 e. The summed E-state index contributed by atoms with van der Waals surface area (Å²) < 4.78 is 0. The van der Waals surface area contributed by atoms with Crippen LogP contribution in [0.3, 0.4) is 0 Å². The van der Waals surface area contributed by atoms with Gasteiger partial charge in [-0.05, 0) is 31.4 Å². The van der Waals surface area contributed by atoms with Crippen LogP contribution < -0.4 is 0 Å². The number of hydrogen-bond acceptors (Lipinski definition) is 4. The summed E-state index contributed by atoms with van der Waals surface area (Å²) >= 11 is 1.43. The van der Waals surface area contributed by atoms with E-state index in [0.29, 0.717) is 11.3 Å². The summed E-state index contributed by atoms with van der Waals surface area (Å²) in [5, 5.41) is 9.45. The van der Waals surface area contributed by atoms with E-state index in [1.807, 2.05) is 11.0 Å². The molecule has 1 saturated heterocycles. The van der Waals surface area contributed by atoms with Gasteiger partial charge in [-0.3, -0.25) is 4.79 Å². The van der Waals surface area contributed by atoms with E-state index in [9.17, 15) is 4.79 Å². The molecule has 0 atom stereocenters. The topological polar surface area (TPSA) is 57.0 Å². The molecule has 1 aliphatic rings. The maximum absolute atomic E-state index is 11.9. The van der Waals surface area contributed by atoms with E-state index in [1.54, 1.807) is 12.1 Å². The first-order valence-corrected chi connectivity index (χ1v) is 7.05. The highest BCUT2D eigenvalue weighted by Gasteiger charge is 2.16. The molecule has 0 radical (unpaired) electrons. The zero-order valence-corrected chi connectivity index (χ0v) is 10.9. The minimum Gasteiger partial charge on any atom is -0.342 e. The number of amides is 1. The van der Waals surface area contributed by atoms with Crippen LogP contribution in [0.25, 0.3) is 0 Å². The third-order valence-electron chi connectivity index (χ3n) is 2.92. The van der Waals surface area contributed by atoms with Crippen molar-refractivity contribution in [2.24, 2.45) is 0 Å². The van der Waals surface area contributed by atoms with Gasteiger partial charge in [-0.15, -0.1) is 0 Å². The molecule has 4 nitrogen and oxygen atoms in total. The van der Waals surface area contributed by atoms with Gasteiger partial charge in [0.1, 0.15) is 6.07 Å². The van der Waals surface area contributed by atoms with E-state index in [2.05, 4.69) is 4.98 Å². The Morgan fingerprint density at radius 2 is 2.17 bits per heavy atom. The number of likely N-dealkylation sites (tertiary alicyclic amines) is 1. The summed E-state index contributed by atoms with van der Waals surface area (Å²) in [6.45, 7) is 1.78. The van der Waals surface area contributed by atoms with Crippen molar-refractivity contribution in [1.82, 2.24) is 9.88 Å². The molecule has 1 amide bonds. The lowest BCUT2D eigenvalue weighted by Gasteiger charge is -2.26. The average Bonchev–Trinajstić information content (AvgIpc) is 2.46. The van der Waals surface area contributed by atoms with Gasteiger partial charge < -0.3 is 4.90 Å². The monoisotopic (exact) mass is 261 g/mol. The minimum absolute atomic E-state index is 0.186. The average molecular weight is 261 g/mol. The van der Waals surface area contributed by atoms with E-state index in [1.165, 1.54) is 24.4 Å². The van der Waals surface area contributed by atoms with Crippen molar-refractivity contribution < 1.29 is 4.79 Å². The van der Waals surface area contributed by atoms with Gasteiger partial charge in [0.05, 0.1) is 16.3 Å². The van der Waals surface area contributed by atoms with E-state index >= 15 is 0 Å². The summed E-state index contributed by atoms with van der Waals surface area (Å²) in [5.74, 6) is 0.615. The van der Waals surface area contributed by atoms with Crippen molar-refractivity contribution in [3.63, 3.8) is 0 Å². The predicted octanol–water partition coefficient (Wildman–Crippen LogP) is 2.06. The maximum Gasteiger partial charge on any atom is 0.232 e. The molecule has 0 spiro atoms. The highest BCUT2D eigenvalue weighted by atomic mass is 32.2. The molecule has 1 aliphatic heterocycles. The largest absolute Gasteiger partial charge is 0.342 e. The number of carbonyl (C=O) groups excluding carboxylic acids is 1. The summed E-state index contributed by atoms with van der Waals surface area (Å²) in [7, 11) is 0. The Labute approximate surface area is 111 Å². The lowest BCUT2D eigenvalue weighted by atomic mass is 10.1. The third-order valence-corrected chi connectivity index (χ3v) is 3.85. The molecule has 1 aromatic heterocycles. The number of nitrogens with zero attached hydrogens (tertiary/aromatic N) is 3. The number of aromatic nitrogens is 1. The fourth-order valence-corrected chi connectivity index (χ4v) is 2.65. The highest BCUT2D eigenvalue weighted by Crippen LogP contribution is 2.17. The Bertz CT molecular complexity index is 446. The van der Waals surface area contributed by atoms with E-state index in [4.69, 9.17) is 5.26 Å². The minimum atomic E-state index is 0.186. The van der Waals surface area contributed by atoms with E-state index in [0.717, 1.165) is 31.0 Å². The van der Waals surface area contributed by atoms with Gasteiger partial charge in [0.25, 0.3) is 0 Å². The summed E-state index contributed by atoms with van der Waals surface area (Å²) in [4.78, 5) is 18.0. The zero-order valence-electron chi connectivity index (χ0n) is 10.1. The van der Waals surface area contributed by atoms with E-state index < -0.39 is 0 Å². The van der Waals surface area contributed by atoms with Crippen LogP contribution in [0.15, 0.2) is 23.4 Å². The van der Waals surface area contributed by atoms with Gasteiger partial charge in [0.15, 0.2) is 0 Å². The molecule has 0 aromatic carbocycles. The van der Waals surface area contributed by atoms with Crippen LogP contribution in [0.1, 0.15) is 24.8 Å². The standard InChI is InChI=1S/C13H15N3OS/c14-8-11-4-5-12(15-9-11)18-10-13(17)16-6-2-1-3-7-16/h4-5,9H,1-3,6-7,10H2. The fraction of sp³-hybridized carbons (Fsp3) is 0.462. The van der Waals surface area contributed by atoms with Crippen LogP contribution in [0.4, 0.5) is 0 Å². The first-order chi connectivity index (χ1) is 8.79. The van der Waals surface area contributed by atoms with Crippen molar-refractivity contribution in [2.75, 3.05) is 18.8 Å². The van der Waals surface area contributed by atoms with Crippen LogP contribution in [0.2, 0.25) is 0 Å². The second-order valence-corrected chi connectivity index (χ2v) is 5.22. The van der Waals surface area contributed by atoms with Crippen LogP contribution in [0.5, 0.6) is 0 Å². The zero-order chi connectivity index (χ0) is 12.8. The predicted molar refractivity (Wildman–Crippen MR) is 70.1 cm³/mol. The number of rotatable bonds is 3. The normalized spacial score (nSPS) is 15.2. The first kappa shape index (κ1) is 12.9. The number of nitriles is 1. The molecule has 0 saturated carbocycles. The van der Waals surface area contributed by atoms with Gasteiger partial charge >= 0.3 is 0 Å². The quantitative estimate of drug-likeness (QED) is 0.781. The first-order valence-electron chi connectivity index (χ1n) is 6.06. The number of thioether (sulfide) groups is 1. The highest BCUT2D eigenvalue weighted by molar-refractivity contribution is 7.99. The van der Waals surface area contributed by atoms with Crippen LogP contribution >= 0.6 is 11.8 Å². The molecule has 0 N–H and O–H groups in total. The maximum atomic E-state index is 11.9. The van der Waals surface area contributed by atoms with Crippen molar-refractivity contribution in [1.29, 1.82) is 5.26 Å². The van der Waals surface area contributed by atoms with E-state index in [-0.39, 0.29) is 5.91 Å². The Morgan fingerprint density at radius 1 is 1.39 bits per heavy atom. The lowest BCUT2D eigenvalue weighted by Crippen LogP contribution is -2.36. The molecular formula is C13H15N3OS. The molecule has 2 rings (SSSR count). The third kappa shape index (κ3) is 3.47. The van der Waals surface area contributed by atoms with Gasteiger partial charge in [-0.1, -0.05) is 11.8 Å². The Balaban J connectivity index is 1.83. The Kier molecular flexibility index (Phi) is 4.59. The Morgan fingerprint density at radius 3 is 2.78 bits per heavy atom. The molecule has 0 bridgehead atoms. The number of piperidine rings is 1. The van der Waals surface area contributed by atoms with Crippen LogP contribution in [-0.4, -0.2) is 34.6 Å². The van der Waals surface area contributed by atoms with Gasteiger partial charge in [-0.25, -0.2) is 4.98 Å². The summed E-state index contributed by atoms with van der Waals surface area (Å²) in [5.41, 5.74) is 0.543. The van der Waals surface area contributed by atoms with Gasteiger partial charge in [0, 0.05) is 19.3 Å². The second kappa shape index (κ2) is 6.41. The van der Waals surface area contributed by atoms with Crippen molar-refractivity contribution in [2.45, 2.75) is 24.3 Å².